The van der Waals surface area contributed by atoms with E-state index >= 15 is 0 Å². The molecule has 2 rings (SSSR count). The van der Waals surface area contributed by atoms with Gasteiger partial charge in [-0.2, -0.15) is 0 Å². The smallest absolute Gasteiger partial charge is 0.412 e. The third kappa shape index (κ3) is 5.49. The van der Waals surface area contributed by atoms with E-state index in [9.17, 15) is 4.79 Å². The lowest BCUT2D eigenvalue weighted by Gasteiger charge is -2.21. The molecule has 6 heteroatoms. The van der Waals surface area contributed by atoms with Gasteiger partial charge in [-0.3, -0.25) is 5.32 Å². The first kappa shape index (κ1) is 17.1. The molecule has 0 atom stereocenters. The molecule has 1 aromatic heterocycles. The monoisotopic (exact) mass is 334 g/mol. The molecule has 124 valence electrons. The first-order chi connectivity index (χ1) is 10.9. The second-order valence-corrected chi connectivity index (χ2v) is 7.00. The van der Waals surface area contributed by atoms with Gasteiger partial charge in [-0.1, -0.05) is 6.07 Å². The van der Waals surface area contributed by atoms with E-state index in [1.54, 1.807) is 30.6 Å². The molecule has 1 amide bonds. The first-order valence-corrected chi connectivity index (χ1v) is 8.19. The summed E-state index contributed by atoms with van der Waals surface area (Å²) in [5.41, 5.74) is 0.890. The normalized spacial score (nSPS) is 11.0. The summed E-state index contributed by atoms with van der Waals surface area (Å²) in [6, 6.07) is 9.49. The number of carbonyl (C=O) groups is 1. The zero-order valence-corrected chi connectivity index (χ0v) is 14.6. The molecule has 1 aromatic carbocycles. The highest BCUT2D eigenvalue weighted by Crippen LogP contribution is 2.28. The fourth-order valence-electron chi connectivity index (χ4n) is 1.91. The second kappa shape index (κ2) is 7.37. The fraction of sp³-hybridized carbons (Fsp3) is 0.353. The summed E-state index contributed by atoms with van der Waals surface area (Å²) in [5.74, 6) is 0.716. The van der Waals surface area contributed by atoms with E-state index in [0.29, 0.717) is 18.0 Å². The van der Waals surface area contributed by atoms with Gasteiger partial charge in [-0.15, -0.1) is 11.3 Å². The summed E-state index contributed by atoms with van der Waals surface area (Å²) in [7, 11) is 1.61. The molecule has 0 bridgehead atoms. The van der Waals surface area contributed by atoms with Gasteiger partial charge < -0.3 is 14.8 Å². The molecule has 0 fully saturated rings. The van der Waals surface area contributed by atoms with Crippen molar-refractivity contribution in [3.05, 3.63) is 40.6 Å². The number of hydrogen-bond donors (Lipinski definition) is 2. The first-order valence-electron chi connectivity index (χ1n) is 7.32. The quantitative estimate of drug-likeness (QED) is 0.831. The van der Waals surface area contributed by atoms with Crippen molar-refractivity contribution >= 4 is 28.8 Å². The van der Waals surface area contributed by atoms with Crippen LogP contribution in [0.2, 0.25) is 0 Å². The van der Waals surface area contributed by atoms with Crippen molar-refractivity contribution in [1.82, 2.24) is 0 Å². The maximum atomic E-state index is 12.0. The summed E-state index contributed by atoms with van der Waals surface area (Å²) in [4.78, 5) is 13.2. The Hall–Kier alpha value is -2.21. The Morgan fingerprint density at radius 1 is 1.22 bits per heavy atom. The summed E-state index contributed by atoms with van der Waals surface area (Å²) < 4.78 is 10.5. The molecule has 0 aliphatic rings. The molecular weight excluding hydrogens is 312 g/mol. The van der Waals surface area contributed by atoms with E-state index in [0.717, 1.165) is 5.69 Å². The molecule has 0 radical (unpaired) electrons. The van der Waals surface area contributed by atoms with E-state index in [4.69, 9.17) is 9.47 Å². The van der Waals surface area contributed by atoms with Crippen LogP contribution in [0.3, 0.4) is 0 Å². The molecule has 0 spiro atoms. The van der Waals surface area contributed by atoms with E-state index in [1.165, 1.54) is 4.88 Å². The van der Waals surface area contributed by atoms with E-state index in [2.05, 4.69) is 16.7 Å². The van der Waals surface area contributed by atoms with Crippen LogP contribution in [-0.2, 0) is 11.3 Å². The number of carbonyl (C=O) groups excluding carboxylic acids is 1. The van der Waals surface area contributed by atoms with Crippen molar-refractivity contribution in [2.24, 2.45) is 0 Å². The molecule has 0 saturated heterocycles. The third-order valence-electron chi connectivity index (χ3n) is 2.90. The van der Waals surface area contributed by atoms with Gasteiger partial charge in [0.25, 0.3) is 0 Å². The Morgan fingerprint density at radius 2 is 2.00 bits per heavy atom. The molecule has 0 saturated carbocycles. The molecule has 0 aliphatic carbocycles. The van der Waals surface area contributed by atoms with Gasteiger partial charge >= 0.3 is 6.09 Å². The average molecular weight is 334 g/mol. The van der Waals surface area contributed by atoms with Gasteiger partial charge in [-0.25, -0.2) is 4.79 Å². The van der Waals surface area contributed by atoms with Crippen LogP contribution >= 0.6 is 11.3 Å². The zero-order chi connectivity index (χ0) is 16.9. The minimum Gasteiger partial charge on any atom is -0.497 e. The predicted octanol–water partition coefficient (Wildman–Crippen LogP) is 4.72. The number of anilines is 2. The number of thiophene rings is 1. The van der Waals surface area contributed by atoms with Crippen molar-refractivity contribution in [2.45, 2.75) is 32.9 Å². The minimum atomic E-state index is -0.541. The van der Waals surface area contributed by atoms with E-state index in [1.807, 2.05) is 38.3 Å². The number of benzene rings is 1. The van der Waals surface area contributed by atoms with Crippen LogP contribution in [0.4, 0.5) is 16.2 Å². The Balaban J connectivity index is 2.12. The highest BCUT2D eigenvalue weighted by Gasteiger charge is 2.17. The summed E-state index contributed by atoms with van der Waals surface area (Å²) in [5, 5.41) is 8.12. The van der Waals surface area contributed by atoms with Crippen molar-refractivity contribution < 1.29 is 14.3 Å². The molecule has 0 aliphatic heterocycles. The lowest BCUT2D eigenvalue weighted by atomic mass is 10.2. The summed E-state index contributed by atoms with van der Waals surface area (Å²) in [6.45, 7) is 6.16. The van der Waals surface area contributed by atoms with E-state index < -0.39 is 11.7 Å². The van der Waals surface area contributed by atoms with Crippen LogP contribution in [0.5, 0.6) is 5.75 Å². The highest BCUT2D eigenvalue weighted by atomic mass is 32.1. The second-order valence-electron chi connectivity index (χ2n) is 5.97. The predicted molar refractivity (Wildman–Crippen MR) is 94.5 cm³/mol. The van der Waals surface area contributed by atoms with Crippen molar-refractivity contribution in [2.75, 3.05) is 17.7 Å². The highest BCUT2D eigenvalue weighted by molar-refractivity contribution is 7.09. The number of amides is 1. The Morgan fingerprint density at radius 3 is 2.61 bits per heavy atom. The van der Waals surface area contributed by atoms with Gasteiger partial charge in [0.2, 0.25) is 0 Å². The molecule has 5 nitrogen and oxygen atoms in total. The van der Waals surface area contributed by atoms with Crippen LogP contribution in [0.1, 0.15) is 25.6 Å². The average Bonchev–Trinajstić information content (AvgIpc) is 2.97. The zero-order valence-electron chi connectivity index (χ0n) is 13.8. The fourth-order valence-corrected chi connectivity index (χ4v) is 2.56. The topological polar surface area (TPSA) is 59.6 Å². The SMILES string of the molecule is COc1ccc(NC(=O)OC(C)(C)C)c(NCc2cccs2)c1. The lowest BCUT2D eigenvalue weighted by molar-refractivity contribution is 0.0636. The van der Waals surface area contributed by atoms with Crippen molar-refractivity contribution in [1.29, 1.82) is 0 Å². The maximum absolute atomic E-state index is 12.0. The largest absolute Gasteiger partial charge is 0.497 e. The minimum absolute atomic E-state index is 0.484. The number of hydrogen-bond acceptors (Lipinski definition) is 5. The van der Waals surface area contributed by atoms with Crippen LogP contribution in [0.25, 0.3) is 0 Å². The van der Waals surface area contributed by atoms with Gasteiger partial charge in [0, 0.05) is 17.5 Å². The Kier molecular flexibility index (Phi) is 5.50. The van der Waals surface area contributed by atoms with Crippen LogP contribution in [0.15, 0.2) is 35.7 Å². The molecule has 2 N–H and O–H groups in total. The number of nitrogens with one attached hydrogen (secondary N) is 2. The molecule has 0 unspecified atom stereocenters. The summed E-state index contributed by atoms with van der Waals surface area (Å²) in [6.07, 6.45) is -0.484. The van der Waals surface area contributed by atoms with Gasteiger partial charge in [0.1, 0.15) is 11.4 Å². The van der Waals surface area contributed by atoms with Crippen LogP contribution in [0, 0.1) is 0 Å². The number of ether oxygens (including phenoxy) is 2. The van der Waals surface area contributed by atoms with Crippen LogP contribution < -0.4 is 15.4 Å². The Labute approximate surface area is 140 Å². The van der Waals surface area contributed by atoms with Crippen LogP contribution in [-0.4, -0.2) is 18.8 Å². The number of methoxy groups -OCH3 is 1. The van der Waals surface area contributed by atoms with E-state index in [-0.39, 0.29) is 0 Å². The van der Waals surface area contributed by atoms with Gasteiger partial charge in [-0.05, 0) is 44.4 Å². The standard InChI is InChI=1S/C17H22N2O3S/c1-17(2,3)22-16(20)19-14-8-7-12(21-4)10-15(14)18-11-13-6-5-9-23-13/h5-10,18H,11H2,1-4H3,(H,19,20). The van der Waals surface area contributed by atoms with Crippen molar-refractivity contribution in [3.63, 3.8) is 0 Å². The van der Waals surface area contributed by atoms with Gasteiger partial charge in [0.05, 0.1) is 18.5 Å². The molecule has 23 heavy (non-hydrogen) atoms. The van der Waals surface area contributed by atoms with Crippen molar-refractivity contribution in [3.8, 4) is 5.75 Å². The summed E-state index contributed by atoms with van der Waals surface area (Å²) >= 11 is 1.67. The molecule has 2 aromatic rings. The third-order valence-corrected chi connectivity index (χ3v) is 3.77. The van der Waals surface area contributed by atoms with Gasteiger partial charge in [0.15, 0.2) is 0 Å². The Bertz CT molecular complexity index is 648. The molecule has 1 heterocycles. The molecular formula is C17H22N2O3S. The lowest BCUT2D eigenvalue weighted by Crippen LogP contribution is -2.27. The number of rotatable bonds is 5. The maximum Gasteiger partial charge on any atom is 0.412 e.